The van der Waals surface area contributed by atoms with Crippen molar-refractivity contribution in [1.29, 1.82) is 0 Å². The molecule has 6 heteroatoms. The molecule has 1 amide bonds. The summed E-state index contributed by atoms with van der Waals surface area (Å²) in [6.07, 6.45) is 8.07. The number of aromatic nitrogens is 2. The number of pyridine rings is 1. The number of hydrogen-bond donors (Lipinski definition) is 2. The number of rotatable bonds is 8. The van der Waals surface area contributed by atoms with Crippen LogP contribution in [-0.4, -0.2) is 50.0 Å². The molecule has 0 radical (unpaired) electrons. The Labute approximate surface area is 174 Å². The minimum atomic E-state index is -0.618. The van der Waals surface area contributed by atoms with Gasteiger partial charge < -0.3 is 19.7 Å². The van der Waals surface area contributed by atoms with Crippen molar-refractivity contribution in [1.82, 2.24) is 19.6 Å². The third-order valence-corrected chi connectivity index (χ3v) is 5.83. The van der Waals surface area contributed by atoms with Crippen molar-refractivity contribution in [3.63, 3.8) is 0 Å². The number of nitrogens with one attached hydrogen (secondary N) is 1. The van der Waals surface area contributed by atoms with E-state index in [2.05, 4.69) is 16.6 Å². The Morgan fingerprint density at radius 3 is 2.72 bits per heavy atom. The fourth-order valence-electron chi connectivity index (χ4n) is 4.05. The molecule has 0 saturated carbocycles. The number of likely N-dealkylation sites (tertiary alicyclic amines) is 1. The fraction of sp³-hybridized carbons (Fsp3) is 0.652. The molecule has 1 atom stereocenters. The Balaban J connectivity index is 1.76. The van der Waals surface area contributed by atoms with E-state index in [1.165, 1.54) is 6.42 Å². The summed E-state index contributed by atoms with van der Waals surface area (Å²) in [5, 5.41) is 13.5. The highest BCUT2D eigenvalue weighted by Crippen LogP contribution is 2.20. The van der Waals surface area contributed by atoms with Gasteiger partial charge in [0.2, 0.25) is 0 Å². The normalized spacial score (nSPS) is 16.4. The standard InChI is InChI=1S/C23H36N4O2/c1-17-10-9-15-27-19(16-24-18(2)11-8-12-23(3,4)29)20(25-21(17)27)22(28)26-13-6-5-7-14-26/h9-10,15,18,24,29H,5-8,11-14,16H2,1-4H3/t18-/m1/s1. The summed E-state index contributed by atoms with van der Waals surface area (Å²) in [6.45, 7) is 10.1. The van der Waals surface area contributed by atoms with Gasteiger partial charge >= 0.3 is 0 Å². The van der Waals surface area contributed by atoms with E-state index in [1.807, 2.05) is 44.0 Å². The van der Waals surface area contributed by atoms with Crippen LogP contribution in [0.2, 0.25) is 0 Å². The second-order valence-electron chi connectivity index (χ2n) is 9.13. The highest BCUT2D eigenvalue weighted by Gasteiger charge is 2.25. The molecule has 0 spiro atoms. The summed E-state index contributed by atoms with van der Waals surface area (Å²) in [4.78, 5) is 19.9. The number of aryl methyl sites for hydroxylation is 1. The minimum Gasteiger partial charge on any atom is -0.390 e. The first-order valence-electron chi connectivity index (χ1n) is 11.0. The first-order valence-corrected chi connectivity index (χ1v) is 11.0. The summed E-state index contributed by atoms with van der Waals surface area (Å²) in [6, 6.07) is 4.34. The van der Waals surface area contributed by atoms with Crippen molar-refractivity contribution in [3.05, 3.63) is 35.3 Å². The van der Waals surface area contributed by atoms with E-state index in [1.54, 1.807) is 0 Å². The molecule has 2 N–H and O–H groups in total. The van der Waals surface area contributed by atoms with Crippen LogP contribution >= 0.6 is 0 Å². The van der Waals surface area contributed by atoms with Crippen molar-refractivity contribution in [2.24, 2.45) is 0 Å². The molecule has 160 valence electrons. The number of nitrogens with zero attached hydrogens (tertiary/aromatic N) is 3. The summed E-state index contributed by atoms with van der Waals surface area (Å²) < 4.78 is 2.06. The van der Waals surface area contributed by atoms with Crippen LogP contribution in [0.3, 0.4) is 0 Å². The number of piperidine rings is 1. The average Bonchev–Trinajstić information content (AvgIpc) is 3.05. The van der Waals surface area contributed by atoms with Crippen molar-refractivity contribution in [2.45, 2.75) is 84.4 Å². The molecule has 2 aromatic heterocycles. The largest absolute Gasteiger partial charge is 0.390 e. The van der Waals surface area contributed by atoms with Gasteiger partial charge in [0, 0.05) is 31.9 Å². The monoisotopic (exact) mass is 400 g/mol. The predicted molar refractivity (Wildman–Crippen MR) is 116 cm³/mol. The molecule has 2 aromatic rings. The summed E-state index contributed by atoms with van der Waals surface area (Å²) in [5.74, 6) is 0.0549. The van der Waals surface area contributed by atoms with E-state index < -0.39 is 5.60 Å². The molecule has 1 aliphatic heterocycles. The van der Waals surface area contributed by atoms with E-state index in [4.69, 9.17) is 4.98 Å². The van der Waals surface area contributed by atoms with Crippen LogP contribution in [0.1, 0.15) is 81.0 Å². The van der Waals surface area contributed by atoms with Crippen molar-refractivity contribution >= 4 is 11.6 Å². The third-order valence-electron chi connectivity index (χ3n) is 5.83. The Kier molecular flexibility index (Phi) is 6.96. The van der Waals surface area contributed by atoms with Crippen LogP contribution < -0.4 is 5.32 Å². The summed E-state index contributed by atoms with van der Waals surface area (Å²) in [5.41, 5.74) is 2.84. The quantitative estimate of drug-likeness (QED) is 0.709. The van der Waals surface area contributed by atoms with Gasteiger partial charge in [0.15, 0.2) is 5.69 Å². The van der Waals surface area contributed by atoms with Crippen molar-refractivity contribution in [2.75, 3.05) is 13.1 Å². The first-order chi connectivity index (χ1) is 13.8. The maximum Gasteiger partial charge on any atom is 0.274 e. The van der Waals surface area contributed by atoms with Gasteiger partial charge in [-0.3, -0.25) is 4.79 Å². The lowest BCUT2D eigenvalue weighted by Gasteiger charge is -2.26. The number of imidazole rings is 1. The Hall–Kier alpha value is -1.92. The Bertz CT molecular complexity index is 831. The number of amides is 1. The highest BCUT2D eigenvalue weighted by atomic mass is 16.3. The molecule has 1 saturated heterocycles. The lowest BCUT2D eigenvalue weighted by Crippen LogP contribution is -2.37. The number of fused-ring (bicyclic) bond motifs is 1. The molecule has 3 heterocycles. The average molecular weight is 401 g/mol. The summed E-state index contributed by atoms with van der Waals surface area (Å²) >= 11 is 0. The maximum absolute atomic E-state index is 13.2. The molecule has 0 aliphatic carbocycles. The third kappa shape index (κ3) is 5.58. The first kappa shape index (κ1) is 21.8. The van der Waals surface area contributed by atoms with Crippen molar-refractivity contribution in [3.8, 4) is 0 Å². The second kappa shape index (κ2) is 9.26. The van der Waals surface area contributed by atoms with Crippen LogP contribution in [0.15, 0.2) is 18.3 Å². The molecule has 1 fully saturated rings. The van der Waals surface area contributed by atoms with Gasteiger partial charge in [0.1, 0.15) is 5.65 Å². The Morgan fingerprint density at radius 2 is 2.03 bits per heavy atom. The molecule has 29 heavy (non-hydrogen) atoms. The lowest BCUT2D eigenvalue weighted by atomic mass is 10.00. The second-order valence-corrected chi connectivity index (χ2v) is 9.13. The van der Waals surface area contributed by atoms with E-state index >= 15 is 0 Å². The van der Waals surface area contributed by atoms with Gasteiger partial charge in [0.25, 0.3) is 5.91 Å². The van der Waals surface area contributed by atoms with Gasteiger partial charge in [-0.15, -0.1) is 0 Å². The number of hydrogen-bond acceptors (Lipinski definition) is 4. The van der Waals surface area contributed by atoms with Crippen LogP contribution in [-0.2, 0) is 6.54 Å². The maximum atomic E-state index is 13.2. The predicted octanol–water partition coefficient (Wildman–Crippen LogP) is 3.69. The van der Waals surface area contributed by atoms with Gasteiger partial charge in [-0.2, -0.15) is 0 Å². The Morgan fingerprint density at radius 1 is 1.31 bits per heavy atom. The van der Waals surface area contributed by atoms with Crippen LogP contribution in [0.4, 0.5) is 0 Å². The highest BCUT2D eigenvalue weighted by molar-refractivity contribution is 5.94. The number of carbonyl (C=O) groups is 1. The zero-order valence-electron chi connectivity index (χ0n) is 18.4. The molecule has 0 aromatic carbocycles. The van der Waals surface area contributed by atoms with E-state index in [0.717, 1.165) is 62.1 Å². The zero-order valence-corrected chi connectivity index (χ0v) is 18.4. The smallest absolute Gasteiger partial charge is 0.274 e. The molecule has 0 bridgehead atoms. The minimum absolute atomic E-state index is 0.0549. The molecule has 1 aliphatic rings. The molecule has 3 rings (SSSR count). The topological polar surface area (TPSA) is 69.9 Å². The molecule has 6 nitrogen and oxygen atoms in total. The molecular formula is C23H36N4O2. The molecule has 0 unspecified atom stereocenters. The van der Waals surface area contributed by atoms with E-state index in [-0.39, 0.29) is 5.91 Å². The van der Waals surface area contributed by atoms with E-state index in [9.17, 15) is 9.90 Å². The number of aliphatic hydroxyl groups is 1. The fourth-order valence-corrected chi connectivity index (χ4v) is 4.05. The van der Waals surface area contributed by atoms with Gasteiger partial charge in [-0.05, 0) is 77.8 Å². The van der Waals surface area contributed by atoms with Crippen LogP contribution in [0, 0.1) is 6.92 Å². The summed E-state index contributed by atoms with van der Waals surface area (Å²) in [7, 11) is 0. The van der Waals surface area contributed by atoms with Crippen LogP contribution in [0.5, 0.6) is 0 Å². The van der Waals surface area contributed by atoms with E-state index in [0.29, 0.717) is 18.3 Å². The van der Waals surface area contributed by atoms with Gasteiger partial charge in [-0.1, -0.05) is 6.07 Å². The van der Waals surface area contributed by atoms with Crippen molar-refractivity contribution < 1.29 is 9.90 Å². The van der Waals surface area contributed by atoms with Gasteiger partial charge in [-0.25, -0.2) is 4.98 Å². The zero-order chi connectivity index (χ0) is 21.0. The lowest BCUT2D eigenvalue weighted by molar-refractivity contribution is 0.0673. The molecular weight excluding hydrogens is 364 g/mol. The number of carbonyl (C=O) groups excluding carboxylic acids is 1. The van der Waals surface area contributed by atoms with Gasteiger partial charge in [0.05, 0.1) is 11.3 Å². The van der Waals surface area contributed by atoms with Crippen LogP contribution in [0.25, 0.3) is 5.65 Å². The SMILES string of the molecule is Cc1cccn2c(CN[C@H](C)CCCC(C)(C)O)c(C(=O)N3CCCCC3)nc12.